The first-order valence-electron chi connectivity index (χ1n) is 3.83. The Bertz CT molecular complexity index is 393. The van der Waals surface area contributed by atoms with Crippen LogP contribution in [0.1, 0.15) is 11.4 Å². The van der Waals surface area contributed by atoms with Crippen molar-refractivity contribution in [1.29, 1.82) is 0 Å². The maximum Gasteiger partial charge on any atom is 0.0895 e. The van der Waals surface area contributed by atoms with Crippen molar-refractivity contribution in [2.24, 2.45) is 0 Å². The average Bonchev–Trinajstić information content (AvgIpc) is 2.43. The smallest absolute Gasteiger partial charge is 0.0895 e. The average molecular weight is 164 g/mol. The third-order valence-electron chi connectivity index (χ3n) is 2.22. The van der Waals surface area contributed by atoms with Crippen LogP contribution < -0.4 is 11.5 Å². The summed E-state index contributed by atoms with van der Waals surface area (Å²) in [5.74, 6) is 0. The molecule has 4 nitrogen and oxygen atoms in total. The van der Waals surface area contributed by atoms with E-state index in [9.17, 15) is 0 Å². The predicted octanol–water partition coefficient (Wildman–Crippen LogP) is 1.28. The van der Waals surface area contributed by atoms with Crippen molar-refractivity contribution in [3.63, 3.8) is 0 Å². The molecule has 12 heavy (non-hydrogen) atoms. The summed E-state index contributed by atoms with van der Waals surface area (Å²) in [6.45, 7) is 3.86. The van der Waals surface area contributed by atoms with Crippen molar-refractivity contribution in [1.82, 2.24) is 9.97 Å². The van der Waals surface area contributed by atoms with E-state index in [0.717, 1.165) is 33.8 Å². The van der Waals surface area contributed by atoms with Crippen LogP contribution >= 0.6 is 0 Å². The predicted molar refractivity (Wildman–Crippen MR) is 50.9 cm³/mol. The Morgan fingerprint density at radius 2 is 1.17 bits per heavy atom. The molecule has 2 rings (SSSR count). The van der Waals surface area contributed by atoms with Crippen LogP contribution in [0.15, 0.2) is 0 Å². The van der Waals surface area contributed by atoms with Gasteiger partial charge in [0.25, 0.3) is 0 Å². The summed E-state index contributed by atoms with van der Waals surface area (Å²) in [6, 6.07) is 0. The third kappa shape index (κ3) is 0.664. The number of nitrogen functional groups attached to an aromatic ring is 2. The fourth-order valence-corrected chi connectivity index (χ4v) is 1.41. The molecule has 2 aromatic heterocycles. The minimum atomic E-state index is 0.754. The van der Waals surface area contributed by atoms with E-state index in [2.05, 4.69) is 9.97 Å². The van der Waals surface area contributed by atoms with Crippen molar-refractivity contribution < 1.29 is 0 Å². The molecule has 0 aromatic carbocycles. The largest absolute Gasteiger partial charge is 0.396 e. The number of aromatic nitrogens is 2. The van der Waals surface area contributed by atoms with Crippen LogP contribution in [-0.4, -0.2) is 9.97 Å². The Morgan fingerprint density at radius 1 is 0.833 bits per heavy atom. The van der Waals surface area contributed by atoms with Crippen LogP contribution in [-0.2, 0) is 0 Å². The summed E-state index contributed by atoms with van der Waals surface area (Å²) in [5, 5.41) is 0. The van der Waals surface area contributed by atoms with Crippen molar-refractivity contribution in [2.75, 3.05) is 11.5 Å². The molecule has 0 fully saturated rings. The van der Waals surface area contributed by atoms with Crippen LogP contribution in [0.2, 0.25) is 0 Å². The van der Waals surface area contributed by atoms with Gasteiger partial charge in [-0.15, -0.1) is 0 Å². The Labute approximate surface area is 69.9 Å². The van der Waals surface area contributed by atoms with Gasteiger partial charge in [-0.25, -0.2) is 0 Å². The SMILES string of the molecule is Cc1[nH]c2c(N)c(C)[nH]c2c1N. The highest BCUT2D eigenvalue weighted by atomic mass is 14.9. The lowest BCUT2D eigenvalue weighted by Gasteiger charge is -1.90. The van der Waals surface area contributed by atoms with Crippen molar-refractivity contribution in [3.8, 4) is 0 Å². The second-order valence-electron chi connectivity index (χ2n) is 3.08. The molecule has 0 bridgehead atoms. The molecule has 2 aromatic rings. The van der Waals surface area contributed by atoms with E-state index in [1.165, 1.54) is 0 Å². The zero-order valence-electron chi connectivity index (χ0n) is 7.15. The Balaban J connectivity index is 2.93. The Kier molecular flexibility index (Phi) is 1.16. The fraction of sp³-hybridized carbons (Fsp3) is 0.250. The lowest BCUT2D eigenvalue weighted by Crippen LogP contribution is -1.88. The summed E-state index contributed by atoms with van der Waals surface area (Å²) in [7, 11) is 0. The van der Waals surface area contributed by atoms with Gasteiger partial charge in [0.2, 0.25) is 0 Å². The number of hydrogen-bond donors (Lipinski definition) is 4. The van der Waals surface area contributed by atoms with E-state index in [1.54, 1.807) is 0 Å². The van der Waals surface area contributed by atoms with Gasteiger partial charge >= 0.3 is 0 Å². The van der Waals surface area contributed by atoms with E-state index in [-0.39, 0.29) is 0 Å². The highest BCUT2D eigenvalue weighted by molar-refractivity contribution is 5.98. The number of aromatic amines is 2. The first kappa shape index (κ1) is 7.09. The molecule has 0 spiro atoms. The molecule has 0 aliphatic carbocycles. The van der Waals surface area contributed by atoms with Gasteiger partial charge in [0.15, 0.2) is 0 Å². The number of nitrogens with two attached hydrogens (primary N) is 2. The monoisotopic (exact) mass is 164 g/mol. The zero-order chi connectivity index (χ0) is 8.88. The molecule has 0 aliphatic heterocycles. The molecule has 6 N–H and O–H groups in total. The van der Waals surface area contributed by atoms with Crippen LogP contribution in [0, 0.1) is 13.8 Å². The number of fused-ring (bicyclic) bond motifs is 1. The third-order valence-corrected chi connectivity index (χ3v) is 2.22. The molecule has 4 heteroatoms. The van der Waals surface area contributed by atoms with Gasteiger partial charge in [0, 0.05) is 11.4 Å². The highest BCUT2D eigenvalue weighted by Crippen LogP contribution is 2.29. The second-order valence-corrected chi connectivity index (χ2v) is 3.08. The van der Waals surface area contributed by atoms with Crippen LogP contribution in [0.3, 0.4) is 0 Å². The van der Waals surface area contributed by atoms with Gasteiger partial charge in [-0.1, -0.05) is 0 Å². The fourth-order valence-electron chi connectivity index (χ4n) is 1.41. The number of nitrogens with one attached hydrogen (secondary N) is 2. The lowest BCUT2D eigenvalue weighted by atomic mass is 10.3. The summed E-state index contributed by atoms with van der Waals surface area (Å²) in [6.07, 6.45) is 0. The first-order valence-corrected chi connectivity index (χ1v) is 3.83. The van der Waals surface area contributed by atoms with E-state index in [4.69, 9.17) is 11.5 Å². The molecule has 0 unspecified atom stereocenters. The Morgan fingerprint density at radius 3 is 1.50 bits per heavy atom. The maximum absolute atomic E-state index is 5.80. The van der Waals surface area contributed by atoms with Crippen molar-refractivity contribution in [3.05, 3.63) is 11.4 Å². The van der Waals surface area contributed by atoms with Crippen molar-refractivity contribution in [2.45, 2.75) is 13.8 Å². The van der Waals surface area contributed by atoms with E-state index in [0.29, 0.717) is 0 Å². The van der Waals surface area contributed by atoms with Crippen LogP contribution in [0.4, 0.5) is 11.4 Å². The van der Waals surface area contributed by atoms with E-state index in [1.807, 2.05) is 13.8 Å². The van der Waals surface area contributed by atoms with Gasteiger partial charge in [0.1, 0.15) is 0 Å². The summed E-state index contributed by atoms with van der Waals surface area (Å²) in [5.41, 5.74) is 16.9. The molecule has 2 heterocycles. The molecule has 0 amide bonds. The van der Waals surface area contributed by atoms with Gasteiger partial charge in [-0.05, 0) is 13.8 Å². The summed E-state index contributed by atoms with van der Waals surface area (Å²) >= 11 is 0. The summed E-state index contributed by atoms with van der Waals surface area (Å²) < 4.78 is 0. The number of hydrogen-bond acceptors (Lipinski definition) is 2. The molecule has 64 valence electrons. The molecule has 0 atom stereocenters. The number of aryl methyl sites for hydroxylation is 2. The first-order chi connectivity index (χ1) is 5.61. The molecule has 0 aliphatic rings. The standard InChI is InChI=1S/C8H12N4/c1-3-5(9)7-8(11-3)6(10)4(2)12-7/h11-12H,9-10H2,1-2H3. The topological polar surface area (TPSA) is 83.6 Å². The van der Waals surface area contributed by atoms with Crippen molar-refractivity contribution >= 4 is 22.4 Å². The van der Waals surface area contributed by atoms with Crippen LogP contribution in [0.5, 0.6) is 0 Å². The molecule has 0 saturated heterocycles. The normalized spacial score (nSPS) is 11.2. The van der Waals surface area contributed by atoms with Gasteiger partial charge < -0.3 is 21.4 Å². The summed E-state index contributed by atoms with van der Waals surface area (Å²) in [4.78, 5) is 6.27. The molecule has 0 radical (unpaired) electrons. The molecular formula is C8H12N4. The van der Waals surface area contributed by atoms with E-state index < -0.39 is 0 Å². The highest BCUT2D eigenvalue weighted by Gasteiger charge is 2.11. The number of anilines is 2. The quantitative estimate of drug-likeness (QED) is 0.473. The zero-order valence-corrected chi connectivity index (χ0v) is 7.15. The maximum atomic E-state index is 5.80. The molecule has 0 saturated carbocycles. The Hall–Kier alpha value is -1.58. The molecular weight excluding hydrogens is 152 g/mol. The minimum Gasteiger partial charge on any atom is -0.396 e. The van der Waals surface area contributed by atoms with Gasteiger partial charge in [-0.2, -0.15) is 0 Å². The minimum absolute atomic E-state index is 0.754. The van der Waals surface area contributed by atoms with Crippen LogP contribution in [0.25, 0.3) is 11.0 Å². The lowest BCUT2D eigenvalue weighted by molar-refractivity contribution is 1.27. The number of H-pyrrole nitrogens is 2. The van der Waals surface area contributed by atoms with E-state index >= 15 is 0 Å². The van der Waals surface area contributed by atoms with Gasteiger partial charge in [0.05, 0.1) is 22.4 Å². The number of rotatable bonds is 0. The van der Waals surface area contributed by atoms with Gasteiger partial charge in [-0.3, -0.25) is 0 Å². The second kappa shape index (κ2) is 1.97.